The van der Waals surface area contributed by atoms with Crippen LogP contribution in [0.25, 0.3) is 12.2 Å². The van der Waals surface area contributed by atoms with Crippen LogP contribution in [0.3, 0.4) is 0 Å². The van der Waals surface area contributed by atoms with Crippen molar-refractivity contribution >= 4 is 23.6 Å². The van der Waals surface area contributed by atoms with Gasteiger partial charge in [0.2, 0.25) is 5.75 Å². The molecule has 0 fully saturated rings. The van der Waals surface area contributed by atoms with Gasteiger partial charge >= 0.3 is 0 Å². The van der Waals surface area contributed by atoms with Crippen LogP contribution in [0.4, 0.5) is 5.69 Å². The number of benzene rings is 3. The number of rotatable bonds is 10. The molecule has 0 heterocycles. The van der Waals surface area contributed by atoms with Crippen LogP contribution >= 0.6 is 0 Å². The zero-order valence-electron chi connectivity index (χ0n) is 19.1. The third kappa shape index (κ3) is 6.17. The number of carbonyl (C=O) groups excluding carboxylic acids is 1. The SMILES string of the molecule is COc1cccc(C(=O)/C=C\Nc2cccc(/C=C/c3cc(OC)c(OC)c(OC)c3)c2)c1. The van der Waals surface area contributed by atoms with Gasteiger partial charge in [0.1, 0.15) is 5.75 Å². The van der Waals surface area contributed by atoms with Gasteiger partial charge in [-0.1, -0.05) is 36.4 Å². The molecule has 0 saturated heterocycles. The molecule has 0 radical (unpaired) electrons. The minimum absolute atomic E-state index is 0.111. The summed E-state index contributed by atoms with van der Waals surface area (Å²) < 4.78 is 21.3. The van der Waals surface area contributed by atoms with E-state index in [1.165, 1.54) is 6.08 Å². The highest BCUT2D eigenvalue weighted by molar-refractivity contribution is 6.04. The normalized spacial score (nSPS) is 10.9. The Morgan fingerprint density at radius 1 is 0.758 bits per heavy atom. The first kappa shape index (κ1) is 23.5. The molecule has 0 aromatic heterocycles. The van der Waals surface area contributed by atoms with Gasteiger partial charge in [-0.3, -0.25) is 4.79 Å². The molecular formula is C27H27NO5. The van der Waals surface area contributed by atoms with Gasteiger partial charge in [-0.25, -0.2) is 0 Å². The van der Waals surface area contributed by atoms with E-state index < -0.39 is 0 Å². The van der Waals surface area contributed by atoms with Crippen LogP contribution < -0.4 is 24.3 Å². The van der Waals surface area contributed by atoms with Crippen LogP contribution in [0.5, 0.6) is 23.0 Å². The molecule has 0 aliphatic rings. The fourth-order valence-electron chi connectivity index (χ4n) is 3.21. The number of nitrogens with one attached hydrogen (secondary N) is 1. The summed E-state index contributed by atoms with van der Waals surface area (Å²) in [5.74, 6) is 2.28. The lowest BCUT2D eigenvalue weighted by Crippen LogP contribution is -1.97. The Bertz CT molecular complexity index is 1140. The standard InChI is InChI=1S/C27H27NO5/c1-30-23-10-6-8-21(18-23)24(29)13-14-28-22-9-5-7-19(15-22)11-12-20-16-25(31-2)27(33-4)26(17-20)32-3/h5-18,28H,1-4H3/b12-11+,14-13-. The topological polar surface area (TPSA) is 66.0 Å². The lowest BCUT2D eigenvalue weighted by molar-refractivity contribution is 0.104. The van der Waals surface area contributed by atoms with Crippen molar-refractivity contribution in [2.75, 3.05) is 33.8 Å². The van der Waals surface area contributed by atoms with Crippen LogP contribution in [0.1, 0.15) is 21.5 Å². The number of hydrogen-bond donors (Lipinski definition) is 1. The van der Waals surface area contributed by atoms with Gasteiger partial charge < -0.3 is 24.3 Å². The van der Waals surface area contributed by atoms with E-state index in [-0.39, 0.29) is 5.78 Å². The van der Waals surface area contributed by atoms with Gasteiger partial charge in [0, 0.05) is 23.5 Å². The van der Waals surface area contributed by atoms with Gasteiger partial charge in [-0.05, 0) is 47.5 Å². The van der Waals surface area contributed by atoms with E-state index in [9.17, 15) is 4.79 Å². The third-order valence-corrected chi connectivity index (χ3v) is 4.88. The maximum absolute atomic E-state index is 12.4. The highest BCUT2D eigenvalue weighted by atomic mass is 16.5. The highest BCUT2D eigenvalue weighted by Gasteiger charge is 2.12. The summed E-state index contributed by atoms with van der Waals surface area (Å²) in [4.78, 5) is 12.4. The number of ketones is 1. The lowest BCUT2D eigenvalue weighted by atomic mass is 10.1. The number of methoxy groups -OCH3 is 4. The molecule has 33 heavy (non-hydrogen) atoms. The van der Waals surface area contributed by atoms with E-state index in [0.29, 0.717) is 28.6 Å². The van der Waals surface area contributed by atoms with E-state index in [2.05, 4.69) is 5.32 Å². The Morgan fingerprint density at radius 2 is 1.45 bits per heavy atom. The number of anilines is 1. The summed E-state index contributed by atoms with van der Waals surface area (Å²) in [5.41, 5.74) is 3.32. The lowest BCUT2D eigenvalue weighted by Gasteiger charge is -2.12. The fourth-order valence-corrected chi connectivity index (χ4v) is 3.21. The smallest absolute Gasteiger partial charge is 0.203 e. The van der Waals surface area contributed by atoms with E-state index in [1.54, 1.807) is 58.9 Å². The molecule has 0 bridgehead atoms. The van der Waals surface area contributed by atoms with Crippen LogP contribution in [-0.4, -0.2) is 34.2 Å². The van der Waals surface area contributed by atoms with Crippen LogP contribution in [0.2, 0.25) is 0 Å². The Balaban J connectivity index is 1.70. The number of hydrogen-bond acceptors (Lipinski definition) is 6. The van der Waals surface area contributed by atoms with Crippen LogP contribution in [0.15, 0.2) is 72.9 Å². The van der Waals surface area contributed by atoms with Gasteiger partial charge in [0.05, 0.1) is 28.4 Å². The van der Waals surface area contributed by atoms with Gasteiger partial charge in [-0.15, -0.1) is 0 Å². The Labute approximate surface area is 194 Å². The second-order valence-corrected chi connectivity index (χ2v) is 6.99. The van der Waals surface area contributed by atoms with Crippen molar-refractivity contribution in [3.8, 4) is 23.0 Å². The summed E-state index contributed by atoms with van der Waals surface area (Å²) in [5, 5.41) is 3.14. The van der Waals surface area contributed by atoms with E-state index in [1.807, 2.05) is 48.6 Å². The zero-order valence-corrected chi connectivity index (χ0v) is 19.1. The van der Waals surface area contributed by atoms with Crippen molar-refractivity contribution in [1.29, 1.82) is 0 Å². The van der Waals surface area contributed by atoms with Gasteiger partial charge in [0.25, 0.3) is 0 Å². The average Bonchev–Trinajstić information content (AvgIpc) is 2.86. The first-order chi connectivity index (χ1) is 16.1. The second kappa shape index (κ2) is 11.4. The van der Waals surface area contributed by atoms with Crippen molar-refractivity contribution in [3.05, 3.63) is 89.6 Å². The molecule has 3 aromatic carbocycles. The summed E-state index contributed by atoms with van der Waals surface area (Å²) in [7, 11) is 6.33. The van der Waals surface area contributed by atoms with Gasteiger partial charge in [-0.2, -0.15) is 0 Å². The number of ether oxygens (including phenoxy) is 4. The summed E-state index contributed by atoms with van der Waals surface area (Å²) in [6.45, 7) is 0. The minimum atomic E-state index is -0.111. The molecule has 0 atom stereocenters. The average molecular weight is 446 g/mol. The maximum Gasteiger partial charge on any atom is 0.203 e. The van der Waals surface area contributed by atoms with Crippen molar-refractivity contribution in [2.45, 2.75) is 0 Å². The van der Waals surface area contributed by atoms with E-state index >= 15 is 0 Å². The molecule has 0 spiro atoms. The summed E-state index contributed by atoms with van der Waals surface area (Å²) in [6.07, 6.45) is 7.07. The molecule has 0 unspecified atom stereocenters. The molecular weight excluding hydrogens is 418 g/mol. The first-order valence-corrected chi connectivity index (χ1v) is 10.3. The molecule has 0 saturated carbocycles. The molecule has 3 rings (SSSR count). The van der Waals surface area contributed by atoms with Crippen molar-refractivity contribution < 1.29 is 23.7 Å². The molecule has 3 aromatic rings. The Morgan fingerprint density at radius 3 is 2.12 bits per heavy atom. The molecule has 0 aliphatic carbocycles. The minimum Gasteiger partial charge on any atom is -0.497 e. The predicted octanol–water partition coefficient (Wildman–Crippen LogP) is 5.70. The molecule has 6 nitrogen and oxygen atoms in total. The van der Waals surface area contributed by atoms with Crippen molar-refractivity contribution in [2.24, 2.45) is 0 Å². The zero-order chi connectivity index (χ0) is 23.6. The molecule has 1 N–H and O–H groups in total. The van der Waals surface area contributed by atoms with Crippen molar-refractivity contribution in [3.63, 3.8) is 0 Å². The van der Waals surface area contributed by atoms with Gasteiger partial charge in [0.15, 0.2) is 17.3 Å². The predicted molar refractivity (Wildman–Crippen MR) is 132 cm³/mol. The Hall–Kier alpha value is -4.19. The molecule has 170 valence electrons. The van der Waals surface area contributed by atoms with E-state index in [4.69, 9.17) is 18.9 Å². The molecule has 0 amide bonds. The number of allylic oxidation sites excluding steroid dienone is 1. The largest absolute Gasteiger partial charge is 0.497 e. The fraction of sp³-hybridized carbons (Fsp3) is 0.148. The maximum atomic E-state index is 12.4. The second-order valence-electron chi connectivity index (χ2n) is 6.99. The monoisotopic (exact) mass is 445 g/mol. The first-order valence-electron chi connectivity index (χ1n) is 10.3. The van der Waals surface area contributed by atoms with E-state index in [0.717, 1.165) is 16.8 Å². The molecule has 6 heteroatoms. The highest BCUT2D eigenvalue weighted by Crippen LogP contribution is 2.38. The quantitative estimate of drug-likeness (QED) is 0.245. The Kier molecular flexibility index (Phi) is 8.13. The summed E-state index contributed by atoms with van der Waals surface area (Å²) >= 11 is 0. The summed E-state index contributed by atoms with van der Waals surface area (Å²) in [6, 6.07) is 18.7. The third-order valence-electron chi connectivity index (χ3n) is 4.88. The van der Waals surface area contributed by atoms with Crippen molar-refractivity contribution in [1.82, 2.24) is 0 Å². The van der Waals surface area contributed by atoms with Crippen LogP contribution in [0, 0.1) is 0 Å². The van der Waals surface area contributed by atoms with Crippen LogP contribution in [-0.2, 0) is 0 Å². The number of carbonyl (C=O) groups is 1. The molecule has 0 aliphatic heterocycles.